The molecule has 4 heteroatoms. The summed E-state index contributed by atoms with van der Waals surface area (Å²) in [6.07, 6.45) is 4.29. The zero-order valence-electron chi connectivity index (χ0n) is 9.98. The van der Waals surface area contributed by atoms with E-state index >= 15 is 0 Å². The molecule has 2 atom stereocenters. The number of carbonyl (C=O) groups is 1. The van der Waals surface area contributed by atoms with Gasteiger partial charge in [-0.25, -0.2) is 0 Å². The Hall–Kier alpha value is -0.610. The minimum atomic E-state index is -0.0504. The van der Waals surface area contributed by atoms with Crippen LogP contribution in [0, 0.1) is 0 Å². The summed E-state index contributed by atoms with van der Waals surface area (Å²) < 4.78 is 10.6. The van der Waals surface area contributed by atoms with Crippen molar-refractivity contribution in [1.29, 1.82) is 0 Å². The number of nitrogens with zero attached hydrogens (tertiary/aromatic N) is 1. The van der Waals surface area contributed by atoms with E-state index in [9.17, 15) is 4.79 Å². The van der Waals surface area contributed by atoms with Crippen LogP contribution < -0.4 is 0 Å². The Morgan fingerprint density at radius 2 is 2.31 bits per heavy atom. The molecular formula is C12H21NO3. The number of rotatable bonds is 3. The molecule has 0 aliphatic carbocycles. The van der Waals surface area contributed by atoms with Crippen molar-refractivity contribution in [1.82, 2.24) is 4.90 Å². The summed E-state index contributed by atoms with van der Waals surface area (Å²) in [5.41, 5.74) is 0. The highest BCUT2D eigenvalue weighted by atomic mass is 16.5. The van der Waals surface area contributed by atoms with E-state index in [4.69, 9.17) is 9.47 Å². The first-order valence-electron chi connectivity index (χ1n) is 6.33. The summed E-state index contributed by atoms with van der Waals surface area (Å²) in [4.78, 5) is 14.1. The highest BCUT2D eigenvalue weighted by Crippen LogP contribution is 2.25. The maximum Gasteiger partial charge on any atom is 0.323 e. The molecule has 0 aromatic rings. The standard InChI is InChI=1S/C12H21NO3/c1-2-16-12(14)11-6-3-7-13(11)10-5-4-8-15-9-10/h10-11H,2-9H2,1H3. The van der Waals surface area contributed by atoms with Gasteiger partial charge in [0.1, 0.15) is 6.04 Å². The number of ether oxygens (including phenoxy) is 2. The van der Waals surface area contributed by atoms with Gasteiger partial charge < -0.3 is 9.47 Å². The van der Waals surface area contributed by atoms with Crippen molar-refractivity contribution < 1.29 is 14.3 Å². The predicted octanol–water partition coefficient (Wildman–Crippen LogP) is 1.19. The van der Waals surface area contributed by atoms with Crippen LogP contribution in [0.5, 0.6) is 0 Å². The Balaban J connectivity index is 1.93. The van der Waals surface area contributed by atoms with E-state index in [0.717, 1.165) is 45.4 Å². The molecule has 0 aromatic carbocycles. The van der Waals surface area contributed by atoms with Crippen LogP contribution in [-0.2, 0) is 14.3 Å². The average molecular weight is 227 g/mol. The molecule has 0 N–H and O–H groups in total. The number of carbonyl (C=O) groups excluding carboxylic acids is 1. The summed E-state index contributed by atoms with van der Waals surface area (Å²) in [7, 11) is 0. The summed E-state index contributed by atoms with van der Waals surface area (Å²) in [6, 6.07) is 0.400. The Kier molecular flexibility index (Phi) is 4.18. The van der Waals surface area contributed by atoms with Gasteiger partial charge in [0.2, 0.25) is 0 Å². The van der Waals surface area contributed by atoms with Crippen LogP contribution in [0.1, 0.15) is 32.6 Å². The van der Waals surface area contributed by atoms with Gasteiger partial charge in [0.15, 0.2) is 0 Å². The zero-order chi connectivity index (χ0) is 11.4. The first-order valence-corrected chi connectivity index (χ1v) is 6.33. The van der Waals surface area contributed by atoms with Crippen molar-refractivity contribution in [2.45, 2.75) is 44.7 Å². The van der Waals surface area contributed by atoms with Gasteiger partial charge in [-0.2, -0.15) is 0 Å². The summed E-state index contributed by atoms with van der Waals surface area (Å²) >= 11 is 0. The van der Waals surface area contributed by atoms with Gasteiger partial charge in [-0.3, -0.25) is 9.69 Å². The monoisotopic (exact) mass is 227 g/mol. The molecule has 2 aliphatic heterocycles. The van der Waals surface area contributed by atoms with E-state index in [1.807, 2.05) is 6.92 Å². The van der Waals surface area contributed by atoms with Crippen molar-refractivity contribution >= 4 is 5.97 Å². The van der Waals surface area contributed by atoms with Crippen LogP contribution in [0.15, 0.2) is 0 Å². The molecule has 0 bridgehead atoms. The lowest BCUT2D eigenvalue weighted by Crippen LogP contribution is -2.47. The maximum absolute atomic E-state index is 11.8. The summed E-state index contributed by atoms with van der Waals surface area (Å²) in [5, 5.41) is 0. The van der Waals surface area contributed by atoms with E-state index in [0.29, 0.717) is 12.6 Å². The third-order valence-corrected chi connectivity index (χ3v) is 3.46. The smallest absolute Gasteiger partial charge is 0.323 e. The molecule has 0 radical (unpaired) electrons. The zero-order valence-corrected chi connectivity index (χ0v) is 9.98. The Labute approximate surface area is 96.9 Å². The summed E-state index contributed by atoms with van der Waals surface area (Å²) in [6.45, 7) is 4.99. The molecule has 0 amide bonds. The van der Waals surface area contributed by atoms with E-state index in [1.54, 1.807) is 0 Å². The van der Waals surface area contributed by atoms with Crippen LogP contribution >= 0.6 is 0 Å². The normalized spacial score (nSPS) is 31.6. The van der Waals surface area contributed by atoms with E-state index in [-0.39, 0.29) is 12.0 Å². The highest BCUT2D eigenvalue weighted by Gasteiger charge is 2.36. The fraction of sp³-hybridized carbons (Fsp3) is 0.917. The average Bonchev–Trinajstić information content (AvgIpc) is 2.79. The Bertz CT molecular complexity index is 238. The third kappa shape index (κ3) is 2.55. The van der Waals surface area contributed by atoms with Crippen molar-refractivity contribution in [3.05, 3.63) is 0 Å². The molecule has 0 spiro atoms. The van der Waals surface area contributed by atoms with Crippen LogP contribution in [0.25, 0.3) is 0 Å². The van der Waals surface area contributed by atoms with E-state index in [2.05, 4.69) is 4.90 Å². The second-order valence-corrected chi connectivity index (χ2v) is 4.52. The van der Waals surface area contributed by atoms with Crippen molar-refractivity contribution in [3.63, 3.8) is 0 Å². The van der Waals surface area contributed by atoms with Gasteiger partial charge in [-0.1, -0.05) is 0 Å². The van der Waals surface area contributed by atoms with Crippen molar-refractivity contribution in [2.24, 2.45) is 0 Å². The molecule has 2 aliphatic rings. The molecular weight excluding hydrogens is 206 g/mol. The van der Waals surface area contributed by atoms with Gasteiger partial charge in [0.05, 0.1) is 13.2 Å². The molecule has 2 saturated heterocycles. The van der Waals surface area contributed by atoms with Gasteiger partial charge in [0, 0.05) is 12.6 Å². The number of esters is 1. The molecule has 2 fully saturated rings. The van der Waals surface area contributed by atoms with Gasteiger partial charge in [-0.15, -0.1) is 0 Å². The lowest BCUT2D eigenvalue weighted by molar-refractivity contribution is -0.150. The maximum atomic E-state index is 11.8. The predicted molar refractivity (Wildman–Crippen MR) is 60.2 cm³/mol. The minimum Gasteiger partial charge on any atom is -0.465 e. The molecule has 0 saturated carbocycles. The fourth-order valence-corrected chi connectivity index (χ4v) is 2.70. The Morgan fingerprint density at radius 1 is 1.44 bits per heavy atom. The third-order valence-electron chi connectivity index (χ3n) is 3.46. The van der Waals surface area contributed by atoms with Crippen LogP contribution in [-0.4, -0.2) is 49.3 Å². The SMILES string of the molecule is CCOC(=O)C1CCCN1C1CCCOC1. The lowest BCUT2D eigenvalue weighted by Gasteiger charge is -2.34. The first kappa shape index (κ1) is 11.9. The van der Waals surface area contributed by atoms with Crippen molar-refractivity contribution in [2.75, 3.05) is 26.4 Å². The van der Waals surface area contributed by atoms with Crippen LogP contribution in [0.4, 0.5) is 0 Å². The quantitative estimate of drug-likeness (QED) is 0.679. The van der Waals surface area contributed by atoms with Crippen LogP contribution in [0.2, 0.25) is 0 Å². The fourth-order valence-electron chi connectivity index (χ4n) is 2.70. The summed E-state index contributed by atoms with van der Waals surface area (Å²) in [5.74, 6) is -0.0504. The second-order valence-electron chi connectivity index (χ2n) is 4.52. The first-order chi connectivity index (χ1) is 7.83. The van der Waals surface area contributed by atoms with Gasteiger partial charge in [0.25, 0.3) is 0 Å². The molecule has 2 rings (SSSR count). The topological polar surface area (TPSA) is 38.8 Å². The molecule has 0 aromatic heterocycles. The number of hydrogen-bond donors (Lipinski definition) is 0. The number of likely N-dealkylation sites (tertiary alicyclic amines) is 1. The highest BCUT2D eigenvalue weighted by molar-refractivity contribution is 5.76. The molecule has 4 nitrogen and oxygen atoms in total. The molecule has 16 heavy (non-hydrogen) atoms. The van der Waals surface area contributed by atoms with Crippen molar-refractivity contribution in [3.8, 4) is 0 Å². The molecule has 2 unspecified atom stereocenters. The van der Waals surface area contributed by atoms with E-state index in [1.165, 1.54) is 0 Å². The van der Waals surface area contributed by atoms with Gasteiger partial charge in [-0.05, 0) is 39.2 Å². The van der Waals surface area contributed by atoms with Crippen LogP contribution in [0.3, 0.4) is 0 Å². The second kappa shape index (κ2) is 5.64. The molecule has 92 valence electrons. The minimum absolute atomic E-state index is 0.0216. The lowest BCUT2D eigenvalue weighted by atomic mass is 10.1. The number of hydrogen-bond acceptors (Lipinski definition) is 4. The largest absolute Gasteiger partial charge is 0.465 e. The Morgan fingerprint density at radius 3 is 3.00 bits per heavy atom. The molecule has 2 heterocycles. The van der Waals surface area contributed by atoms with E-state index < -0.39 is 0 Å². The van der Waals surface area contributed by atoms with Gasteiger partial charge >= 0.3 is 5.97 Å².